The molecule has 0 fully saturated rings. The van der Waals surface area contributed by atoms with Crippen LogP contribution >= 0.6 is 34.4 Å². The van der Waals surface area contributed by atoms with Crippen molar-refractivity contribution in [3.8, 4) is 5.75 Å². The Balaban J connectivity index is 1.51. The number of ether oxygens (including phenoxy) is 1. The molecule has 4 nitrogen and oxygen atoms in total. The van der Waals surface area contributed by atoms with Crippen LogP contribution in [0.1, 0.15) is 11.5 Å². The molecule has 0 atom stereocenters. The van der Waals surface area contributed by atoms with E-state index in [0.29, 0.717) is 11.1 Å². The molecule has 0 amide bonds. The maximum absolute atomic E-state index is 5.57. The fourth-order valence-corrected chi connectivity index (χ4v) is 2.84. The van der Waals surface area contributed by atoms with E-state index >= 15 is 0 Å². The second kappa shape index (κ2) is 7.64. The third-order valence-electron chi connectivity index (χ3n) is 2.83. The maximum atomic E-state index is 5.57. The topological polar surface area (TPSA) is 48.2 Å². The molecule has 0 aliphatic heterocycles. The smallest absolute Gasteiger partial charge is 0.277 e. The third kappa shape index (κ3) is 4.48. The molecule has 0 N–H and O–H groups in total. The Morgan fingerprint density at radius 3 is 2.55 bits per heavy atom. The average molecular weight is 424 g/mol. The quantitative estimate of drug-likeness (QED) is 0.430. The lowest BCUT2D eigenvalue weighted by molar-refractivity contribution is 0.252. The lowest BCUT2D eigenvalue weighted by Crippen LogP contribution is -1.95. The molecule has 0 bridgehead atoms. The zero-order valence-corrected chi connectivity index (χ0v) is 14.6. The van der Waals surface area contributed by atoms with Crippen LogP contribution in [-0.2, 0) is 12.4 Å². The zero-order chi connectivity index (χ0) is 15.2. The van der Waals surface area contributed by atoms with E-state index in [2.05, 4.69) is 57.1 Å². The van der Waals surface area contributed by atoms with Crippen LogP contribution in [-0.4, -0.2) is 10.2 Å². The van der Waals surface area contributed by atoms with Gasteiger partial charge in [-0.2, -0.15) is 0 Å². The molecule has 1 heterocycles. The van der Waals surface area contributed by atoms with Gasteiger partial charge in [-0.15, -0.1) is 10.2 Å². The fraction of sp³-hybridized carbons (Fsp3) is 0.125. The SMILES string of the molecule is Ic1ccc(CSc2nnc(COc3ccccc3)o2)cc1. The second-order valence-electron chi connectivity index (χ2n) is 4.48. The molecule has 0 aliphatic carbocycles. The summed E-state index contributed by atoms with van der Waals surface area (Å²) in [5.74, 6) is 2.07. The minimum atomic E-state index is 0.279. The van der Waals surface area contributed by atoms with E-state index in [0.717, 1.165) is 11.5 Å². The third-order valence-corrected chi connectivity index (χ3v) is 4.44. The first kappa shape index (κ1) is 15.4. The Morgan fingerprint density at radius 2 is 1.77 bits per heavy atom. The van der Waals surface area contributed by atoms with Gasteiger partial charge in [0, 0.05) is 9.32 Å². The maximum Gasteiger partial charge on any atom is 0.277 e. The number of rotatable bonds is 6. The number of para-hydroxylation sites is 1. The molecule has 3 rings (SSSR count). The lowest BCUT2D eigenvalue weighted by Gasteiger charge is -2.01. The molecular weight excluding hydrogens is 411 g/mol. The highest BCUT2D eigenvalue weighted by Crippen LogP contribution is 2.22. The van der Waals surface area contributed by atoms with Gasteiger partial charge in [-0.1, -0.05) is 42.1 Å². The Bertz CT molecular complexity index is 717. The molecule has 6 heteroatoms. The summed E-state index contributed by atoms with van der Waals surface area (Å²) in [6.07, 6.45) is 0. The number of nitrogens with zero attached hydrogens (tertiary/aromatic N) is 2. The molecule has 1 aromatic heterocycles. The largest absolute Gasteiger partial charge is 0.484 e. The van der Waals surface area contributed by atoms with E-state index in [1.807, 2.05) is 30.3 Å². The van der Waals surface area contributed by atoms with E-state index in [1.165, 1.54) is 20.9 Å². The predicted octanol–water partition coefficient (Wildman–Crippen LogP) is 4.55. The molecule has 22 heavy (non-hydrogen) atoms. The molecule has 2 aromatic carbocycles. The average Bonchev–Trinajstić information content (AvgIpc) is 3.01. The van der Waals surface area contributed by atoms with Gasteiger partial charge in [-0.05, 0) is 52.4 Å². The Labute approximate surface area is 146 Å². The molecule has 0 saturated heterocycles. The summed E-state index contributed by atoms with van der Waals surface area (Å²) < 4.78 is 12.4. The van der Waals surface area contributed by atoms with E-state index in [9.17, 15) is 0 Å². The van der Waals surface area contributed by atoms with Crippen molar-refractivity contribution < 1.29 is 9.15 Å². The number of thioether (sulfide) groups is 1. The van der Waals surface area contributed by atoms with Crippen LogP contribution in [0.4, 0.5) is 0 Å². The van der Waals surface area contributed by atoms with Gasteiger partial charge in [0.1, 0.15) is 5.75 Å². The van der Waals surface area contributed by atoms with Crippen LogP contribution < -0.4 is 4.74 Å². The van der Waals surface area contributed by atoms with Crippen molar-refractivity contribution in [2.75, 3.05) is 0 Å². The molecule has 0 unspecified atom stereocenters. The Kier molecular flexibility index (Phi) is 5.33. The first-order valence-electron chi connectivity index (χ1n) is 6.67. The van der Waals surface area contributed by atoms with E-state index in [4.69, 9.17) is 9.15 Å². The zero-order valence-electron chi connectivity index (χ0n) is 11.6. The van der Waals surface area contributed by atoms with Crippen molar-refractivity contribution in [3.63, 3.8) is 0 Å². The first-order valence-corrected chi connectivity index (χ1v) is 8.73. The molecule has 0 aliphatic rings. The van der Waals surface area contributed by atoms with Crippen molar-refractivity contribution in [2.45, 2.75) is 17.6 Å². The minimum Gasteiger partial charge on any atom is -0.484 e. The standard InChI is InChI=1S/C16H13IN2O2S/c17-13-8-6-12(7-9-13)11-22-16-19-18-15(21-16)10-20-14-4-2-1-3-5-14/h1-9H,10-11H2. The first-order chi connectivity index (χ1) is 10.8. The molecule has 112 valence electrons. The number of halogens is 1. The molecule has 0 radical (unpaired) electrons. The summed E-state index contributed by atoms with van der Waals surface area (Å²) in [6.45, 7) is 0.279. The van der Waals surface area contributed by atoms with Gasteiger partial charge in [0.2, 0.25) is 0 Å². The predicted molar refractivity (Wildman–Crippen MR) is 93.8 cm³/mol. The van der Waals surface area contributed by atoms with Crippen LogP contribution in [0, 0.1) is 3.57 Å². The van der Waals surface area contributed by atoms with E-state index in [-0.39, 0.29) is 6.61 Å². The highest BCUT2D eigenvalue weighted by molar-refractivity contribution is 14.1. The van der Waals surface area contributed by atoms with Crippen LogP contribution in [0.3, 0.4) is 0 Å². The summed E-state index contributed by atoms with van der Waals surface area (Å²) in [4.78, 5) is 0. The monoisotopic (exact) mass is 424 g/mol. The highest BCUT2D eigenvalue weighted by Gasteiger charge is 2.07. The van der Waals surface area contributed by atoms with Crippen molar-refractivity contribution >= 4 is 34.4 Å². The number of benzene rings is 2. The molecule has 3 aromatic rings. The fourth-order valence-electron chi connectivity index (χ4n) is 1.74. The van der Waals surface area contributed by atoms with Gasteiger partial charge in [0.15, 0.2) is 6.61 Å². The summed E-state index contributed by atoms with van der Waals surface area (Å²) in [5.41, 5.74) is 1.23. The van der Waals surface area contributed by atoms with Gasteiger partial charge in [-0.25, -0.2) is 0 Å². The van der Waals surface area contributed by atoms with Crippen molar-refractivity contribution in [2.24, 2.45) is 0 Å². The van der Waals surface area contributed by atoms with Gasteiger partial charge < -0.3 is 9.15 Å². The van der Waals surface area contributed by atoms with Crippen molar-refractivity contribution in [3.05, 3.63) is 69.6 Å². The van der Waals surface area contributed by atoms with Crippen LogP contribution in [0.2, 0.25) is 0 Å². The second-order valence-corrected chi connectivity index (χ2v) is 6.65. The normalized spacial score (nSPS) is 10.6. The molecular formula is C16H13IN2O2S. The van der Waals surface area contributed by atoms with Gasteiger partial charge in [0.25, 0.3) is 11.1 Å². The summed E-state index contributed by atoms with van der Waals surface area (Å²) in [6, 6.07) is 17.9. The number of aromatic nitrogens is 2. The Hall–Kier alpha value is -1.54. The van der Waals surface area contributed by atoms with Gasteiger partial charge in [-0.3, -0.25) is 0 Å². The van der Waals surface area contributed by atoms with Crippen molar-refractivity contribution in [1.29, 1.82) is 0 Å². The van der Waals surface area contributed by atoms with Crippen molar-refractivity contribution in [1.82, 2.24) is 10.2 Å². The van der Waals surface area contributed by atoms with Crippen LogP contribution in [0.25, 0.3) is 0 Å². The number of hydrogen-bond acceptors (Lipinski definition) is 5. The number of hydrogen-bond donors (Lipinski definition) is 0. The summed E-state index contributed by atoms with van der Waals surface area (Å²) >= 11 is 3.82. The Morgan fingerprint density at radius 1 is 1.00 bits per heavy atom. The molecule has 0 saturated carbocycles. The van der Waals surface area contributed by atoms with E-state index < -0.39 is 0 Å². The van der Waals surface area contributed by atoms with E-state index in [1.54, 1.807) is 0 Å². The highest BCUT2D eigenvalue weighted by atomic mass is 127. The van der Waals surface area contributed by atoms with Crippen LogP contribution in [0.15, 0.2) is 64.2 Å². The van der Waals surface area contributed by atoms with Crippen LogP contribution in [0.5, 0.6) is 5.75 Å². The van der Waals surface area contributed by atoms with Gasteiger partial charge >= 0.3 is 0 Å². The summed E-state index contributed by atoms with van der Waals surface area (Å²) in [7, 11) is 0. The van der Waals surface area contributed by atoms with Gasteiger partial charge in [0.05, 0.1) is 0 Å². The molecule has 0 spiro atoms. The summed E-state index contributed by atoms with van der Waals surface area (Å²) in [5, 5.41) is 8.58. The lowest BCUT2D eigenvalue weighted by atomic mass is 10.2. The minimum absolute atomic E-state index is 0.279.